The number of nitrogens with two attached hydrogens (primary N) is 1. The van der Waals surface area contributed by atoms with Gasteiger partial charge in [-0.15, -0.1) is 0 Å². The lowest BCUT2D eigenvalue weighted by molar-refractivity contribution is -0.274. The Kier molecular flexibility index (Phi) is 7.11. The highest BCUT2D eigenvalue weighted by molar-refractivity contribution is 4.87. The molecule has 5 nitrogen and oxygen atoms in total. The van der Waals surface area contributed by atoms with Crippen molar-refractivity contribution in [3.63, 3.8) is 0 Å². The highest BCUT2D eigenvalue weighted by Gasteiger charge is 2.41. The Morgan fingerprint density at radius 2 is 1.89 bits per heavy atom. The summed E-state index contributed by atoms with van der Waals surface area (Å²) in [6.07, 6.45) is 1.75. The van der Waals surface area contributed by atoms with E-state index < -0.39 is 24.6 Å². The lowest BCUT2D eigenvalue weighted by Crippen LogP contribution is -2.56. The molecule has 5 unspecified atom stereocenters. The molecule has 1 fully saturated rings. The van der Waals surface area contributed by atoms with Crippen molar-refractivity contribution < 1.29 is 19.7 Å². The van der Waals surface area contributed by atoms with Crippen LogP contribution in [0.15, 0.2) is 0 Å². The van der Waals surface area contributed by atoms with E-state index in [1.54, 1.807) is 0 Å². The van der Waals surface area contributed by atoms with Crippen molar-refractivity contribution in [3.8, 4) is 0 Å². The summed E-state index contributed by atoms with van der Waals surface area (Å²) in [7, 11) is 0. The molecule has 0 aromatic carbocycles. The van der Waals surface area contributed by atoms with Crippen LogP contribution in [0.4, 0.5) is 0 Å². The number of aliphatic hydroxyl groups excluding tert-OH is 2. The van der Waals surface area contributed by atoms with Gasteiger partial charge in [-0.3, -0.25) is 0 Å². The molecule has 0 aromatic rings. The number of ether oxygens (including phenoxy) is 2. The van der Waals surface area contributed by atoms with Gasteiger partial charge in [-0.2, -0.15) is 0 Å². The zero-order valence-electron chi connectivity index (χ0n) is 11.4. The molecular weight excluding hydrogens is 234 g/mol. The van der Waals surface area contributed by atoms with Crippen molar-refractivity contribution in [2.45, 2.75) is 64.1 Å². The summed E-state index contributed by atoms with van der Waals surface area (Å²) in [6.45, 7) is 4.78. The van der Waals surface area contributed by atoms with Crippen molar-refractivity contribution in [2.24, 2.45) is 11.7 Å². The number of rotatable bonds is 7. The van der Waals surface area contributed by atoms with E-state index >= 15 is 0 Å². The van der Waals surface area contributed by atoms with Crippen molar-refractivity contribution in [1.82, 2.24) is 0 Å². The number of aliphatic hydroxyl groups is 2. The molecule has 5 heteroatoms. The zero-order chi connectivity index (χ0) is 13.5. The maximum absolute atomic E-state index is 9.89. The van der Waals surface area contributed by atoms with E-state index in [4.69, 9.17) is 15.2 Å². The summed E-state index contributed by atoms with van der Waals surface area (Å²) < 4.78 is 11.2. The predicted molar refractivity (Wildman–Crippen MR) is 69.0 cm³/mol. The fourth-order valence-electron chi connectivity index (χ4n) is 2.18. The standard InChI is InChI=1S/C13H27NO4/c1-3-4-5-6-7-17-13-9(2)11(15)12(16)10(8-14)18-13/h9-13,15-16H,3-8,14H2,1-2H3. The number of hydrogen-bond donors (Lipinski definition) is 3. The minimum Gasteiger partial charge on any atom is -0.390 e. The van der Waals surface area contributed by atoms with E-state index in [2.05, 4.69) is 6.92 Å². The third-order valence-corrected chi connectivity index (χ3v) is 3.52. The van der Waals surface area contributed by atoms with Crippen molar-refractivity contribution >= 4 is 0 Å². The first kappa shape index (κ1) is 15.9. The van der Waals surface area contributed by atoms with Crippen molar-refractivity contribution in [2.75, 3.05) is 13.2 Å². The largest absolute Gasteiger partial charge is 0.390 e. The monoisotopic (exact) mass is 261 g/mol. The van der Waals surface area contributed by atoms with Gasteiger partial charge in [0.2, 0.25) is 0 Å². The van der Waals surface area contributed by atoms with Gasteiger partial charge >= 0.3 is 0 Å². The molecule has 1 aliphatic heterocycles. The van der Waals surface area contributed by atoms with Gasteiger partial charge in [-0.05, 0) is 6.42 Å². The molecule has 0 aliphatic carbocycles. The summed E-state index contributed by atoms with van der Waals surface area (Å²) in [5, 5.41) is 19.7. The Hall–Kier alpha value is -0.200. The normalized spacial score (nSPS) is 36.8. The molecule has 1 heterocycles. The lowest BCUT2D eigenvalue weighted by atomic mass is 9.92. The second-order valence-corrected chi connectivity index (χ2v) is 5.05. The topological polar surface area (TPSA) is 84.9 Å². The van der Waals surface area contributed by atoms with Gasteiger partial charge in [0.25, 0.3) is 0 Å². The molecule has 1 rings (SSSR count). The Balaban J connectivity index is 2.35. The molecule has 1 aliphatic rings. The van der Waals surface area contributed by atoms with Gasteiger partial charge in [0.1, 0.15) is 12.2 Å². The third-order valence-electron chi connectivity index (χ3n) is 3.52. The average Bonchev–Trinajstić information content (AvgIpc) is 2.38. The van der Waals surface area contributed by atoms with Crippen molar-refractivity contribution in [1.29, 1.82) is 0 Å². The average molecular weight is 261 g/mol. The van der Waals surface area contributed by atoms with Crippen LogP contribution < -0.4 is 5.73 Å². The van der Waals surface area contributed by atoms with Crippen molar-refractivity contribution in [3.05, 3.63) is 0 Å². The summed E-state index contributed by atoms with van der Waals surface area (Å²) in [5.41, 5.74) is 5.51. The van der Waals surface area contributed by atoms with Crippen LogP contribution in [0, 0.1) is 5.92 Å². The van der Waals surface area contributed by atoms with Crippen LogP contribution >= 0.6 is 0 Å². The Labute approximate surface area is 109 Å². The molecule has 0 saturated carbocycles. The molecule has 1 saturated heterocycles. The van der Waals surface area contributed by atoms with E-state index in [1.807, 2.05) is 6.92 Å². The molecule has 18 heavy (non-hydrogen) atoms. The van der Waals surface area contributed by atoms with Crippen LogP contribution in [0.25, 0.3) is 0 Å². The van der Waals surface area contributed by atoms with Crippen LogP contribution in [-0.4, -0.2) is 48.0 Å². The van der Waals surface area contributed by atoms with Gasteiger partial charge in [-0.25, -0.2) is 0 Å². The number of unbranched alkanes of at least 4 members (excludes halogenated alkanes) is 3. The highest BCUT2D eigenvalue weighted by Crippen LogP contribution is 2.26. The summed E-state index contributed by atoms with van der Waals surface area (Å²) in [4.78, 5) is 0. The molecule has 0 bridgehead atoms. The van der Waals surface area contributed by atoms with Crippen LogP contribution in [0.1, 0.15) is 39.5 Å². The smallest absolute Gasteiger partial charge is 0.163 e. The minimum absolute atomic E-state index is 0.181. The molecule has 0 spiro atoms. The maximum Gasteiger partial charge on any atom is 0.163 e. The van der Waals surface area contributed by atoms with E-state index in [1.165, 1.54) is 12.8 Å². The van der Waals surface area contributed by atoms with E-state index in [0.29, 0.717) is 6.61 Å². The summed E-state index contributed by atoms with van der Waals surface area (Å²) in [6, 6.07) is 0. The molecule has 0 radical (unpaired) electrons. The Morgan fingerprint density at radius 3 is 2.50 bits per heavy atom. The Bertz CT molecular complexity index is 225. The van der Waals surface area contributed by atoms with Gasteiger partial charge in [0.05, 0.1) is 6.10 Å². The van der Waals surface area contributed by atoms with Crippen LogP contribution in [0.3, 0.4) is 0 Å². The molecule has 0 amide bonds. The minimum atomic E-state index is -0.926. The highest BCUT2D eigenvalue weighted by atomic mass is 16.7. The first-order valence-corrected chi connectivity index (χ1v) is 6.95. The van der Waals surface area contributed by atoms with E-state index in [9.17, 15) is 10.2 Å². The zero-order valence-corrected chi connectivity index (χ0v) is 11.4. The molecule has 0 aromatic heterocycles. The van der Waals surface area contributed by atoms with Gasteiger partial charge in [0.15, 0.2) is 6.29 Å². The summed E-state index contributed by atoms with van der Waals surface area (Å²) in [5.74, 6) is -0.242. The Morgan fingerprint density at radius 1 is 1.17 bits per heavy atom. The van der Waals surface area contributed by atoms with Crippen LogP contribution in [0.5, 0.6) is 0 Å². The lowest BCUT2D eigenvalue weighted by Gasteiger charge is -2.40. The van der Waals surface area contributed by atoms with Crippen LogP contribution in [0.2, 0.25) is 0 Å². The fraction of sp³-hybridized carbons (Fsp3) is 1.00. The van der Waals surface area contributed by atoms with Crippen LogP contribution in [-0.2, 0) is 9.47 Å². The van der Waals surface area contributed by atoms with Gasteiger partial charge in [-0.1, -0.05) is 33.1 Å². The molecule has 108 valence electrons. The molecule has 5 atom stereocenters. The first-order valence-electron chi connectivity index (χ1n) is 6.95. The second-order valence-electron chi connectivity index (χ2n) is 5.05. The third kappa shape index (κ3) is 4.17. The SMILES string of the molecule is CCCCCCOC1OC(CN)C(O)C(O)C1C. The quantitative estimate of drug-likeness (QED) is 0.585. The fourth-order valence-corrected chi connectivity index (χ4v) is 2.18. The van der Waals surface area contributed by atoms with E-state index in [0.717, 1.165) is 12.8 Å². The van der Waals surface area contributed by atoms with E-state index in [-0.39, 0.29) is 12.5 Å². The molecular formula is C13H27NO4. The summed E-state index contributed by atoms with van der Waals surface area (Å²) >= 11 is 0. The van der Waals surface area contributed by atoms with Gasteiger partial charge < -0.3 is 25.4 Å². The second kappa shape index (κ2) is 8.07. The number of hydrogen-bond acceptors (Lipinski definition) is 5. The predicted octanol–water partition coefficient (Wildman–Crippen LogP) is 0.625. The maximum atomic E-state index is 9.89. The molecule has 4 N–H and O–H groups in total. The first-order chi connectivity index (χ1) is 8.61. The van der Waals surface area contributed by atoms with Gasteiger partial charge in [0, 0.05) is 19.1 Å².